The summed E-state index contributed by atoms with van der Waals surface area (Å²) in [7, 11) is 1.80. The number of pyridine rings is 1. The lowest BCUT2D eigenvalue weighted by molar-refractivity contribution is -0.144. The summed E-state index contributed by atoms with van der Waals surface area (Å²) in [5.74, 6) is -0.740. The van der Waals surface area contributed by atoms with Gasteiger partial charge in [-0.05, 0) is 32.5 Å². The number of likely N-dealkylation sites (N-methyl/N-ethyl adjacent to an activating group) is 1. The predicted molar refractivity (Wildman–Crippen MR) is 116 cm³/mol. The highest BCUT2D eigenvalue weighted by atomic mass is 16.5. The fourth-order valence-electron chi connectivity index (χ4n) is 3.44. The highest BCUT2D eigenvalue weighted by molar-refractivity contribution is 6.07. The van der Waals surface area contributed by atoms with Crippen molar-refractivity contribution in [3.8, 4) is 11.1 Å². The molecule has 0 amide bonds. The Hall–Kier alpha value is -3.25. The van der Waals surface area contributed by atoms with Gasteiger partial charge in [0.2, 0.25) is 0 Å². The molecule has 2 aromatic carbocycles. The van der Waals surface area contributed by atoms with Crippen molar-refractivity contribution >= 4 is 22.8 Å². The first-order chi connectivity index (χ1) is 14.5. The number of benzene rings is 2. The van der Waals surface area contributed by atoms with Gasteiger partial charge < -0.3 is 9.47 Å². The molecule has 0 aliphatic rings. The molecule has 0 bridgehead atoms. The van der Waals surface area contributed by atoms with Gasteiger partial charge in [-0.15, -0.1) is 0 Å². The van der Waals surface area contributed by atoms with Crippen LogP contribution in [-0.4, -0.2) is 48.6 Å². The normalized spacial score (nSPS) is 10.9. The summed E-state index contributed by atoms with van der Waals surface area (Å²) in [6.45, 7) is 4.54. The minimum Gasteiger partial charge on any atom is -0.465 e. The maximum Gasteiger partial charge on any atom is 0.340 e. The van der Waals surface area contributed by atoms with E-state index in [1.807, 2.05) is 54.6 Å². The molecule has 0 fully saturated rings. The Balaban J connectivity index is 2.17. The molecule has 0 aliphatic heterocycles. The first kappa shape index (κ1) is 21.5. The number of fused-ring (bicyclic) bond motifs is 1. The maximum absolute atomic E-state index is 13.0. The topological polar surface area (TPSA) is 68.7 Å². The van der Waals surface area contributed by atoms with Crippen molar-refractivity contribution in [2.45, 2.75) is 20.4 Å². The molecular formula is C24H26N2O4. The van der Waals surface area contributed by atoms with Crippen molar-refractivity contribution < 1.29 is 19.1 Å². The highest BCUT2D eigenvalue weighted by Crippen LogP contribution is 2.34. The number of aromatic nitrogens is 1. The standard InChI is InChI=1S/C24H26N2O4/c1-4-29-21(27)16-26(3)15-20-23(24(28)30-5-2)22(17-11-7-6-8-12-17)18-13-9-10-14-19(18)25-20/h6-14H,4-5,15-16H2,1-3H3. The van der Waals surface area contributed by atoms with Gasteiger partial charge in [-0.25, -0.2) is 4.79 Å². The second kappa shape index (κ2) is 9.98. The van der Waals surface area contributed by atoms with Crippen LogP contribution in [0.4, 0.5) is 0 Å². The molecule has 1 aromatic heterocycles. The number of carbonyl (C=O) groups excluding carboxylic acids is 2. The summed E-state index contributed by atoms with van der Waals surface area (Å²) in [5.41, 5.74) is 3.48. The van der Waals surface area contributed by atoms with E-state index in [2.05, 4.69) is 0 Å². The number of hydrogen-bond donors (Lipinski definition) is 0. The number of ether oxygens (including phenoxy) is 2. The molecule has 0 atom stereocenters. The van der Waals surface area contributed by atoms with Crippen molar-refractivity contribution in [2.24, 2.45) is 0 Å². The fourth-order valence-corrected chi connectivity index (χ4v) is 3.44. The molecule has 30 heavy (non-hydrogen) atoms. The average molecular weight is 406 g/mol. The Labute approximate surface area is 176 Å². The maximum atomic E-state index is 13.0. The highest BCUT2D eigenvalue weighted by Gasteiger charge is 2.24. The largest absolute Gasteiger partial charge is 0.465 e. The monoisotopic (exact) mass is 406 g/mol. The minimum atomic E-state index is -0.422. The number of para-hydroxylation sites is 1. The van der Waals surface area contributed by atoms with Gasteiger partial charge in [-0.1, -0.05) is 48.5 Å². The van der Waals surface area contributed by atoms with Crippen LogP contribution in [0.5, 0.6) is 0 Å². The first-order valence-corrected chi connectivity index (χ1v) is 10.0. The molecule has 3 aromatic rings. The lowest BCUT2D eigenvalue weighted by Gasteiger charge is -2.20. The quantitative estimate of drug-likeness (QED) is 0.525. The summed E-state index contributed by atoms with van der Waals surface area (Å²) in [5, 5.41) is 0.878. The molecule has 0 saturated heterocycles. The zero-order valence-corrected chi connectivity index (χ0v) is 17.6. The first-order valence-electron chi connectivity index (χ1n) is 10.0. The van der Waals surface area contributed by atoms with Gasteiger partial charge in [0.15, 0.2) is 0 Å². The number of esters is 2. The SMILES string of the molecule is CCOC(=O)CN(C)Cc1nc2ccccc2c(-c2ccccc2)c1C(=O)OCC. The Kier molecular flexibility index (Phi) is 7.14. The smallest absolute Gasteiger partial charge is 0.340 e. The van der Waals surface area contributed by atoms with Crippen LogP contribution in [0.15, 0.2) is 54.6 Å². The molecule has 156 valence electrons. The van der Waals surface area contributed by atoms with Crippen LogP contribution >= 0.6 is 0 Å². The van der Waals surface area contributed by atoms with Gasteiger partial charge in [0.25, 0.3) is 0 Å². The Morgan fingerprint density at radius 2 is 1.60 bits per heavy atom. The zero-order chi connectivity index (χ0) is 21.5. The molecule has 0 spiro atoms. The van der Waals surface area contributed by atoms with Gasteiger partial charge in [0, 0.05) is 17.5 Å². The van der Waals surface area contributed by atoms with Gasteiger partial charge in [-0.2, -0.15) is 0 Å². The average Bonchev–Trinajstić information content (AvgIpc) is 2.73. The van der Waals surface area contributed by atoms with Crippen molar-refractivity contribution in [3.63, 3.8) is 0 Å². The third kappa shape index (κ3) is 4.83. The van der Waals surface area contributed by atoms with Crippen LogP contribution in [0.1, 0.15) is 29.9 Å². The molecule has 0 radical (unpaired) electrons. The predicted octanol–water partition coefficient (Wildman–Crippen LogP) is 4.07. The number of nitrogens with zero attached hydrogens (tertiary/aromatic N) is 2. The van der Waals surface area contributed by atoms with E-state index in [-0.39, 0.29) is 19.1 Å². The van der Waals surface area contributed by atoms with E-state index in [0.717, 1.165) is 22.0 Å². The lowest BCUT2D eigenvalue weighted by Crippen LogP contribution is -2.28. The van der Waals surface area contributed by atoms with Gasteiger partial charge >= 0.3 is 11.9 Å². The van der Waals surface area contributed by atoms with Gasteiger partial charge in [0.05, 0.1) is 36.5 Å². The molecule has 0 N–H and O–H groups in total. The Morgan fingerprint density at radius 3 is 2.30 bits per heavy atom. The zero-order valence-electron chi connectivity index (χ0n) is 17.6. The van der Waals surface area contributed by atoms with E-state index in [1.54, 1.807) is 25.8 Å². The fraction of sp³-hybridized carbons (Fsp3) is 0.292. The van der Waals surface area contributed by atoms with Crippen LogP contribution in [-0.2, 0) is 20.8 Å². The van der Waals surface area contributed by atoms with Crippen molar-refractivity contribution in [1.29, 1.82) is 0 Å². The summed E-state index contributed by atoms with van der Waals surface area (Å²) >= 11 is 0. The third-order valence-corrected chi connectivity index (χ3v) is 4.63. The Morgan fingerprint density at radius 1 is 0.933 bits per heavy atom. The second-order valence-corrected chi connectivity index (χ2v) is 6.89. The molecular weight excluding hydrogens is 380 g/mol. The van der Waals surface area contributed by atoms with E-state index in [1.165, 1.54) is 0 Å². The molecule has 6 heteroatoms. The summed E-state index contributed by atoms with van der Waals surface area (Å²) < 4.78 is 10.4. The molecule has 0 saturated carbocycles. The van der Waals surface area contributed by atoms with E-state index < -0.39 is 5.97 Å². The van der Waals surface area contributed by atoms with Crippen LogP contribution in [0.2, 0.25) is 0 Å². The van der Waals surface area contributed by atoms with Crippen molar-refractivity contribution in [1.82, 2.24) is 9.88 Å². The molecule has 3 rings (SSSR count). The van der Waals surface area contributed by atoms with E-state index >= 15 is 0 Å². The molecule has 0 unspecified atom stereocenters. The van der Waals surface area contributed by atoms with Crippen LogP contribution in [0.3, 0.4) is 0 Å². The number of hydrogen-bond acceptors (Lipinski definition) is 6. The molecule has 1 heterocycles. The van der Waals surface area contributed by atoms with Crippen molar-refractivity contribution in [3.05, 3.63) is 65.9 Å². The van der Waals surface area contributed by atoms with E-state index in [0.29, 0.717) is 24.4 Å². The van der Waals surface area contributed by atoms with Crippen LogP contribution in [0, 0.1) is 0 Å². The van der Waals surface area contributed by atoms with Crippen LogP contribution in [0.25, 0.3) is 22.0 Å². The van der Waals surface area contributed by atoms with Gasteiger partial charge in [-0.3, -0.25) is 14.7 Å². The summed E-state index contributed by atoms with van der Waals surface area (Å²) in [6, 6.07) is 17.5. The summed E-state index contributed by atoms with van der Waals surface area (Å²) in [6.07, 6.45) is 0. The second-order valence-electron chi connectivity index (χ2n) is 6.89. The van der Waals surface area contributed by atoms with E-state index in [4.69, 9.17) is 14.5 Å². The van der Waals surface area contributed by atoms with Crippen molar-refractivity contribution in [2.75, 3.05) is 26.8 Å². The summed E-state index contributed by atoms with van der Waals surface area (Å²) in [4.78, 5) is 31.5. The molecule has 6 nitrogen and oxygen atoms in total. The minimum absolute atomic E-state index is 0.102. The Bertz CT molecular complexity index is 1030. The van der Waals surface area contributed by atoms with E-state index in [9.17, 15) is 9.59 Å². The van der Waals surface area contributed by atoms with Gasteiger partial charge in [0.1, 0.15) is 0 Å². The number of rotatable bonds is 8. The third-order valence-electron chi connectivity index (χ3n) is 4.63. The molecule has 0 aliphatic carbocycles. The lowest BCUT2D eigenvalue weighted by atomic mass is 9.94. The number of carbonyl (C=O) groups is 2. The van der Waals surface area contributed by atoms with Crippen LogP contribution < -0.4 is 0 Å².